The molecule has 0 spiro atoms. The first-order valence-corrected chi connectivity index (χ1v) is 8.28. The molecule has 21 heavy (non-hydrogen) atoms. The van der Waals surface area contributed by atoms with E-state index in [0.717, 1.165) is 30.8 Å². The van der Waals surface area contributed by atoms with Crippen molar-refractivity contribution in [2.24, 2.45) is 5.92 Å². The third-order valence-electron chi connectivity index (χ3n) is 4.97. The number of anilines is 2. The molecule has 1 saturated carbocycles. The molecule has 1 aromatic heterocycles. The first-order valence-electron chi connectivity index (χ1n) is 8.28. The van der Waals surface area contributed by atoms with Crippen LogP contribution in [0.2, 0.25) is 0 Å². The minimum absolute atomic E-state index is 0.460. The van der Waals surface area contributed by atoms with E-state index in [4.69, 9.17) is 0 Å². The van der Waals surface area contributed by atoms with Crippen molar-refractivity contribution in [3.63, 3.8) is 0 Å². The van der Waals surface area contributed by atoms with Crippen LogP contribution < -0.4 is 15.5 Å². The van der Waals surface area contributed by atoms with Crippen molar-refractivity contribution in [3.8, 4) is 0 Å². The van der Waals surface area contributed by atoms with Crippen LogP contribution in [0.5, 0.6) is 0 Å². The van der Waals surface area contributed by atoms with Crippen molar-refractivity contribution in [2.45, 2.75) is 51.1 Å². The fraction of sp³-hybridized carbons (Fsp3) is 0.750. The zero-order chi connectivity index (χ0) is 14.7. The molecule has 5 nitrogen and oxygen atoms in total. The topological polar surface area (TPSA) is 53.1 Å². The first kappa shape index (κ1) is 14.6. The maximum atomic E-state index is 4.67. The Bertz CT molecular complexity index is 452. The molecular formula is C16H27N5. The molecule has 0 aromatic carbocycles. The van der Waals surface area contributed by atoms with Crippen LogP contribution >= 0.6 is 0 Å². The van der Waals surface area contributed by atoms with Gasteiger partial charge in [0.05, 0.1) is 0 Å². The molecule has 1 atom stereocenters. The lowest BCUT2D eigenvalue weighted by Crippen LogP contribution is -2.57. The lowest BCUT2D eigenvalue weighted by Gasteiger charge is -2.40. The standard InChI is InChI=1S/C16H27N5/c1-12(13-6-4-3-5-7-13)19-16-18-9-8-15(20-16)21-10-14(11-21)17-2/h8-9,12-14,17H,3-7,10-11H2,1-2H3,(H,18,19,20)/t12-/m1/s1. The van der Waals surface area contributed by atoms with Gasteiger partial charge < -0.3 is 15.5 Å². The predicted octanol–water partition coefficient (Wildman–Crippen LogP) is 2.27. The molecule has 0 amide bonds. The number of rotatable bonds is 5. The van der Waals surface area contributed by atoms with E-state index in [9.17, 15) is 0 Å². The Morgan fingerprint density at radius 2 is 2.00 bits per heavy atom. The van der Waals surface area contributed by atoms with Crippen LogP contribution in [0.3, 0.4) is 0 Å². The molecule has 2 aliphatic rings. The van der Waals surface area contributed by atoms with Gasteiger partial charge in [0.2, 0.25) is 5.95 Å². The molecule has 1 aliphatic carbocycles. The van der Waals surface area contributed by atoms with Crippen LogP contribution in [0.25, 0.3) is 0 Å². The smallest absolute Gasteiger partial charge is 0.224 e. The SMILES string of the molecule is CNC1CN(c2ccnc(N[C@H](C)C3CCCCC3)n2)C1. The fourth-order valence-electron chi connectivity index (χ4n) is 3.40. The molecule has 1 saturated heterocycles. The van der Waals surface area contributed by atoms with Crippen molar-refractivity contribution in [2.75, 3.05) is 30.4 Å². The number of likely N-dealkylation sites (N-methyl/N-ethyl adjacent to an activating group) is 1. The normalized spacial score (nSPS) is 21.9. The Kier molecular flexibility index (Phi) is 4.58. The molecule has 2 heterocycles. The van der Waals surface area contributed by atoms with Crippen LogP contribution in [0, 0.1) is 5.92 Å². The van der Waals surface area contributed by atoms with Crippen LogP contribution in [-0.2, 0) is 0 Å². The number of aromatic nitrogens is 2. The second-order valence-corrected chi connectivity index (χ2v) is 6.46. The molecule has 1 aliphatic heterocycles. The summed E-state index contributed by atoms with van der Waals surface area (Å²) in [5.74, 6) is 2.58. The summed E-state index contributed by atoms with van der Waals surface area (Å²) >= 11 is 0. The van der Waals surface area contributed by atoms with Gasteiger partial charge in [-0.05, 0) is 38.8 Å². The van der Waals surface area contributed by atoms with Crippen molar-refractivity contribution >= 4 is 11.8 Å². The molecule has 2 fully saturated rings. The van der Waals surface area contributed by atoms with Gasteiger partial charge in [0.15, 0.2) is 0 Å². The van der Waals surface area contributed by atoms with Crippen molar-refractivity contribution in [3.05, 3.63) is 12.3 Å². The third-order valence-corrected chi connectivity index (χ3v) is 4.97. The molecule has 0 bridgehead atoms. The van der Waals surface area contributed by atoms with E-state index < -0.39 is 0 Å². The lowest BCUT2D eigenvalue weighted by molar-refractivity contribution is 0.327. The van der Waals surface area contributed by atoms with Gasteiger partial charge in [-0.2, -0.15) is 4.98 Å². The Balaban J connectivity index is 1.58. The van der Waals surface area contributed by atoms with Crippen LogP contribution in [0.1, 0.15) is 39.0 Å². The molecule has 5 heteroatoms. The Labute approximate surface area is 127 Å². The summed E-state index contributed by atoms with van der Waals surface area (Å²) in [5, 5.41) is 6.81. The van der Waals surface area contributed by atoms with E-state index in [1.54, 1.807) is 0 Å². The van der Waals surface area contributed by atoms with Gasteiger partial charge in [-0.15, -0.1) is 0 Å². The van der Waals surface area contributed by atoms with Gasteiger partial charge in [-0.25, -0.2) is 4.98 Å². The molecule has 116 valence electrons. The fourth-order valence-corrected chi connectivity index (χ4v) is 3.40. The summed E-state index contributed by atoms with van der Waals surface area (Å²) in [6.07, 6.45) is 8.68. The van der Waals surface area contributed by atoms with Crippen molar-refractivity contribution in [1.29, 1.82) is 0 Å². The summed E-state index contributed by atoms with van der Waals surface area (Å²) in [7, 11) is 2.01. The van der Waals surface area contributed by atoms with Gasteiger partial charge in [0.1, 0.15) is 5.82 Å². The van der Waals surface area contributed by atoms with E-state index in [1.807, 2.05) is 19.3 Å². The van der Waals surface area contributed by atoms with E-state index in [-0.39, 0.29) is 0 Å². The number of hydrogen-bond donors (Lipinski definition) is 2. The molecular weight excluding hydrogens is 262 g/mol. The Hall–Kier alpha value is -1.36. The molecule has 2 N–H and O–H groups in total. The summed E-state index contributed by atoms with van der Waals surface area (Å²) in [4.78, 5) is 11.4. The summed E-state index contributed by atoms with van der Waals surface area (Å²) in [6, 6.07) is 3.06. The molecule has 1 aromatic rings. The Morgan fingerprint density at radius 3 is 2.71 bits per heavy atom. The zero-order valence-corrected chi connectivity index (χ0v) is 13.2. The predicted molar refractivity (Wildman–Crippen MR) is 86.8 cm³/mol. The molecule has 0 unspecified atom stereocenters. The highest BCUT2D eigenvalue weighted by Crippen LogP contribution is 2.28. The highest BCUT2D eigenvalue weighted by molar-refractivity contribution is 5.45. The maximum Gasteiger partial charge on any atom is 0.224 e. The van der Waals surface area contributed by atoms with Crippen LogP contribution in [0.4, 0.5) is 11.8 Å². The minimum atomic E-state index is 0.460. The lowest BCUT2D eigenvalue weighted by atomic mass is 9.85. The maximum absolute atomic E-state index is 4.67. The summed E-state index contributed by atoms with van der Waals surface area (Å²) < 4.78 is 0. The van der Waals surface area contributed by atoms with Gasteiger partial charge in [-0.1, -0.05) is 19.3 Å². The molecule has 3 rings (SSSR count). The van der Waals surface area contributed by atoms with Gasteiger partial charge in [0, 0.05) is 31.4 Å². The summed E-state index contributed by atoms with van der Waals surface area (Å²) in [5.41, 5.74) is 0. The molecule has 0 radical (unpaired) electrons. The number of hydrogen-bond acceptors (Lipinski definition) is 5. The monoisotopic (exact) mass is 289 g/mol. The van der Waals surface area contributed by atoms with E-state index in [0.29, 0.717) is 12.1 Å². The summed E-state index contributed by atoms with van der Waals surface area (Å²) in [6.45, 7) is 4.34. The van der Waals surface area contributed by atoms with Gasteiger partial charge in [0.25, 0.3) is 0 Å². The number of nitrogens with one attached hydrogen (secondary N) is 2. The van der Waals surface area contributed by atoms with E-state index in [1.165, 1.54) is 32.1 Å². The second-order valence-electron chi connectivity index (χ2n) is 6.46. The highest BCUT2D eigenvalue weighted by atomic mass is 15.3. The quantitative estimate of drug-likeness (QED) is 0.871. The third kappa shape index (κ3) is 3.46. The van der Waals surface area contributed by atoms with E-state index >= 15 is 0 Å². The largest absolute Gasteiger partial charge is 0.353 e. The van der Waals surface area contributed by atoms with Gasteiger partial charge in [-0.3, -0.25) is 0 Å². The highest BCUT2D eigenvalue weighted by Gasteiger charge is 2.26. The number of nitrogens with zero attached hydrogens (tertiary/aromatic N) is 3. The average molecular weight is 289 g/mol. The van der Waals surface area contributed by atoms with Crippen LogP contribution in [-0.4, -0.2) is 42.2 Å². The second kappa shape index (κ2) is 6.60. The van der Waals surface area contributed by atoms with Gasteiger partial charge >= 0.3 is 0 Å². The van der Waals surface area contributed by atoms with Crippen molar-refractivity contribution < 1.29 is 0 Å². The van der Waals surface area contributed by atoms with E-state index in [2.05, 4.69) is 32.4 Å². The van der Waals surface area contributed by atoms with Crippen molar-refractivity contribution in [1.82, 2.24) is 15.3 Å². The van der Waals surface area contributed by atoms with Crippen LogP contribution in [0.15, 0.2) is 12.3 Å². The minimum Gasteiger partial charge on any atom is -0.353 e. The Morgan fingerprint density at radius 1 is 1.24 bits per heavy atom. The zero-order valence-electron chi connectivity index (χ0n) is 13.2. The average Bonchev–Trinajstić information content (AvgIpc) is 2.47. The first-order chi connectivity index (χ1) is 10.3.